The molecule has 0 atom stereocenters. The van der Waals surface area contributed by atoms with Crippen LogP contribution in [0.15, 0.2) is 30.6 Å². The fraction of sp³-hybridized carbons (Fsp3) is 0.389. The van der Waals surface area contributed by atoms with Gasteiger partial charge in [-0.25, -0.2) is 0 Å². The van der Waals surface area contributed by atoms with Crippen molar-refractivity contribution in [1.29, 1.82) is 0 Å². The van der Waals surface area contributed by atoms with Crippen molar-refractivity contribution in [2.45, 2.75) is 31.6 Å². The minimum Gasteiger partial charge on any atom is -0.372 e. The Morgan fingerprint density at radius 1 is 1.35 bits per heavy atom. The van der Waals surface area contributed by atoms with E-state index in [1.807, 2.05) is 24.3 Å². The van der Waals surface area contributed by atoms with Gasteiger partial charge in [0.15, 0.2) is 0 Å². The highest BCUT2D eigenvalue weighted by Crippen LogP contribution is 2.40. The Morgan fingerprint density at radius 2 is 2.17 bits per heavy atom. The number of amides is 2. The van der Waals surface area contributed by atoms with Crippen LogP contribution >= 0.6 is 0 Å². The smallest absolute Gasteiger partial charge is 0.228 e. The SMILES string of the molecule is CN(CCC(=O)NC=O)c1cncc2c(C3CCC3)cccc12. The summed E-state index contributed by atoms with van der Waals surface area (Å²) in [5, 5.41) is 4.54. The lowest BCUT2D eigenvalue weighted by molar-refractivity contribution is -0.125. The summed E-state index contributed by atoms with van der Waals surface area (Å²) in [4.78, 5) is 28.2. The van der Waals surface area contributed by atoms with Crippen LogP contribution in [0.1, 0.15) is 37.2 Å². The molecule has 23 heavy (non-hydrogen) atoms. The van der Waals surface area contributed by atoms with Crippen LogP contribution in [0.4, 0.5) is 5.69 Å². The van der Waals surface area contributed by atoms with Gasteiger partial charge in [-0.1, -0.05) is 24.6 Å². The minimum absolute atomic E-state index is 0.268. The summed E-state index contributed by atoms with van der Waals surface area (Å²) in [5.74, 6) is 0.384. The zero-order valence-corrected chi connectivity index (χ0v) is 13.3. The molecule has 1 aromatic heterocycles. The maximum atomic E-state index is 11.4. The largest absolute Gasteiger partial charge is 0.372 e. The van der Waals surface area contributed by atoms with Gasteiger partial charge in [0.25, 0.3) is 0 Å². The van der Waals surface area contributed by atoms with Gasteiger partial charge in [-0.15, -0.1) is 0 Å². The van der Waals surface area contributed by atoms with E-state index < -0.39 is 0 Å². The summed E-state index contributed by atoms with van der Waals surface area (Å²) in [5.41, 5.74) is 2.40. The highest BCUT2D eigenvalue weighted by molar-refractivity contribution is 5.96. The number of carbonyl (C=O) groups excluding carboxylic acids is 2. The predicted molar refractivity (Wildman–Crippen MR) is 90.4 cm³/mol. The van der Waals surface area contributed by atoms with Crippen LogP contribution in [0.5, 0.6) is 0 Å². The van der Waals surface area contributed by atoms with Crippen LogP contribution in [-0.4, -0.2) is 30.9 Å². The highest BCUT2D eigenvalue weighted by Gasteiger charge is 2.22. The number of carbonyl (C=O) groups is 2. The van der Waals surface area contributed by atoms with Crippen molar-refractivity contribution < 1.29 is 9.59 Å². The summed E-state index contributed by atoms with van der Waals surface area (Å²) in [6.07, 6.45) is 8.29. The second-order valence-electron chi connectivity index (χ2n) is 6.09. The van der Waals surface area contributed by atoms with Gasteiger partial charge in [0.05, 0.1) is 11.9 Å². The van der Waals surface area contributed by atoms with Crippen molar-refractivity contribution in [3.8, 4) is 0 Å². The van der Waals surface area contributed by atoms with Gasteiger partial charge in [0.2, 0.25) is 12.3 Å². The quantitative estimate of drug-likeness (QED) is 0.833. The van der Waals surface area contributed by atoms with Gasteiger partial charge in [-0.2, -0.15) is 0 Å². The van der Waals surface area contributed by atoms with Crippen molar-refractivity contribution in [2.24, 2.45) is 0 Å². The summed E-state index contributed by atoms with van der Waals surface area (Å²) in [6.45, 7) is 0.536. The van der Waals surface area contributed by atoms with Crippen molar-refractivity contribution >= 4 is 28.8 Å². The number of hydrogen-bond donors (Lipinski definition) is 1. The van der Waals surface area contributed by atoms with Crippen molar-refractivity contribution in [3.63, 3.8) is 0 Å². The lowest BCUT2D eigenvalue weighted by Gasteiger charge is -2.28. The molecule has 0 spiro atoms. The normalized spacial score (nSPS) is 14.3. The Labute approximate surface area is 135 Å². The maximum Gasteiger partial charge on any atom is 0.228 e. The number of benzene rings is 1. The standard InChI is InChI=1S/C18H21N3O2/c1-21(9-8-18(23)20-12-22)17-11-19-10-16-14(13-4-2-5-13)6-3-7-15(16)17/h3,6-7,10-13H,2,4-5,8-9H2,1H3,(H,20,22,23). The number of nitrogens with zero attached hydrogens (tertiary/aromatic N) is 2. The van der Waals surface area contributed by atoms with Gasteiger partial charge in [-0.3, -0.25) is 19.9 Å². The zero-order valence-electron chi connectivity index (χ0n) is 13.3. The lowest BCUT2D eigenvalue weighted by atomic mass is 9.78. The molecule has 0 bridgehead atoms. The van der Waals surface area contributed by atoms with E-state index in [1.165, 1.54) is 35.6 Å². The van der Waals surface area contributed by atoms with Gasteiger partial charge in [0, 0.05) is 37.0 Å². The second kappa shape index (κ2) is 6.77. The van der Waals surface area contributed by atoms with E-state index in [4.69, 9.17) is 0 Å². The third-order valence-corrected chi connectivity index (χ3v) is 4.67. The predicted octanol–water partition coefficient (Wildman–Crippen LogP) is 2.60. The molecular formula is C18H21N3O2. The number of imide groups is 1. The van der Waals surface area contributed by atoms with E-state index in [2.05, 4.69) is 28.5 Å². The summed E-state index contributed by atoms with van der Waals surface area (Å²) < 4.78 is 0. The van der Waals surface area contributed by atoms with Crippen LogP contribution in [0.2, 0.25) is 0 Å². The molecule has 2 aromatic rings. The molecule has 5 nitrogen and oxygen atoms in total. The zero-order chi connectivity index (χ0) is 16.2. The number of pyridine rings is 1. The van der Waals surface area contributed by atoms with Crippen LogP contribution in [-0.2, 0) is 9.59 Å². The maximum absolute atomic E-state index is 11.4. The van der Waals surface area contributed by atoms with Crippen molar-refractivity contribution in [1.82, 2.24) is 10.3 Å². The van der Waals surface area contributed by atoms with Crippen molar-refractivity contribution in [2.75, 3.05) is 18.5 Å². The molecule has 2 amide bonds. The summed E-state index contributed by atoms with van der Waals surface area (Å²) in [7, 11) is 1.95. The summed E-state index contributed by atoms with van der Waals surface area (Å²) in [6, 6.07) is 6.41. The number of aromatic nitrogens is 1. The first-order valence-corrected chi connectivity index (χ1v) is 8.01. The lowest BCUT2D eigenvalue weighted by Crippen LogP contribution is -2.28. The molecule has 0 aliphatic heterocycles. The second-order valence-corrected chi connectivity index (χ2v) is 6.09. The first-order chi connectivity index (χ1) is 11.2. The first-order valence-electron chi connectivity index (χ1n) is 8.01. The molecule has 0 saturated heterocycles. The number of nitrogens with one attached hydrogen (secondary N) is 1. The average Bonchev–Trinajstić information content (AvgIpc) is 2.51. The number of fused-ring (bicyclic) bond motifs is 1. The fourth-order valence-corrected chi connectivity index (χ4v) is 3.11. The van der Waals surface area contributed by atoms with E-state index in [0.717, 1.165) is 5.69 Å². The molecule has 5 heteroatoms. The molecule has 0 unspecified atom stereocenters. The van der Waals surface area contributed by atoms with E-state index in [0.29, 0.717) is 18.9 Å². The highest BCUT2D eigenvalue weighted by atomic mass is 16.2. The van der Waals surface area contributed by atoms with Gasteiger partial charge < -0.3 is 4.90 Å². The molecule has 1 fully saturated rings. The molecular weight excluding hydrogens is 290 g/mol. The van der Waals surface area contributed by atoms with E-state index in [1.54, 1.807) is 0 Å². The van der Waals surface area contributed by atoms with Crippen LogP contribution in [0.3, 0.4) is 0 Å². The molecule has 1 aliphatic rings. The minimum atomic E-state index is -0.268. The molecule has 0 radical (unpaired) electrons. The molecule has 1 aromatic carbocycles. The molecule has 1 saturated carbocycles. The van der Waals surface area contributed by atoms with E-state index in [9.17, 15) is 9.59 Å². The Bertz CT molecular complexity index is 725. The van der Waals surface area contributed by atoms with Gasteiger partial charge >= 0.3 is 0 Å². The van der Waals surface area contributed by atoms with Crippen LogP contribution < -0.4 is 10.2 Å². The topological polar surface area (TPSA) is 62.3 Å². The average molecular weight is 311 g/mol. The van der Waals surface area contributed by atoms with E-state index >= 15 is 0 Å². The molecule has 1 aliphatic carbocycles. The van der Waals surface area contributed by atoms with Crippen LogP contribution in [0.25, 0.3) is 10.8 Å². The Morgan fingerprint density at radius 3 is 2.87 bits per heavy atom. The van der Waals surface area contributed by atoms with Gasteiger partial charge in [-0.05, 0) is 24.3 Å². The first kappa shape index (κ1) is 15.5. The number of anilines is 1. The Kier molecular flexibility index (Phi) is 4.55. The molecule has 1 heterocycles. The number of hydrogen-bond acceptors (Lipinski definition) is 4. The Hall–Kier alpha value is -2.43. The van der Waals surface area contributed by atoms with Crippen LogP contribution in [0, 0.1) is 0 Å². The summed E-state index contributed by atoms with van der Waals surface area (Å²) >= 11 is 0. The fourth-order valence-electron chi connectivity index (χ4n) is 3.11. The van der Waals surface area contributed by atoms with Gasteiger partial charge in [0.1, 0.15) is 0 Å². The number of rotatable bonds is 6. The third kappa shape index (κ3) is 3.18. The van der Waals surface area contributed by atoms with E-state index in [-0.39, 0.29) is 12.3 Å². The molecule has 3 rings (SSSR count). The molecule has 120 valence electrons. The molecule has 1 N–H and O–H groups in total. The third-order valence-electron chi connectivity index (χ3n) is 4.67. The monoisotopic (exact) mass is 311 g/mol. The van der Waals surface area contributed by atoms with Crippen molar-refractivity contribution in [3.05, 3.63) is 36.2 Å². The Balaban J connectivity index is 1.85.